The Morgan fingerprint density at radius 3 is 1.93 bits per heavy atom. The Hall–Kier alpha value is -5.50. The number of amides is 2. The van der Waals surface area contributed by atoms with Crippen molar-refractivity contribution in [2.75, 3.05) is 5.32 Å². The van der Waals surface area contributed by atoms with Crippen molar-refractivity contribution in [2.45, 2.75) is 44.9 Å². The summed E-state index contributed by atoms with van der Waals surface area (Å²) in [6, 6.07) is 36.1. The molecule has 0 aliphatic rings. The topological polar surface area (TPSA) is 89.4 Å². The molecule has 0 bridgehead atoms. The summed E-state index contributed by atoms with van der Waals surface area (Å²) in [5.74, 6) is -1.77. The van der Waals surface area contributed by atoms with Crippen LogP contribution in [0.5, 0.6) is 0 Å². The van der Waals surface area contributed by atoms with Crippen molar-refractivity contribution in [3.63, 3.8) is 0 Å². The maximum absolute atomic E-state index is 15.8. The Balaban J connectivity index is 1.48. The van der Waals surface area contributed by atoms with Crippen molar-refractivity contribution in [1.29, 1.82) is 0 Å². The predicted molar refractivity (Wildman–Crippen MR) is 178 cm³/mol. The first-order chi connectivity index (χ1) is 22.1. The highest BCUT2D eigenvalue weighted by molar-refractivity contribution is 5.98. The molecule has 1 aromatic heterocycles. The molecule has 5 rings (SSSR count). The minimum atomic E-state index is -1.12. The number of anilines is 1. The minimum absolute atomic E-state index is 0.190. The number of hydrogen-bond donors (Lipinski definition) is 2. The fourth-order valence-electron chi connectivity index (χ4n) is 5.34. The van der Waals surface area contributed by atoms with Crippen LogP contribution in [0.4, 0.5) is 14.9 Å². The zero-order valence-electron chi connectivity index (χ0n) is 25.9. The normalized spacial score (nSPS) is 11.9. The van der Waals surface area contributed by atoms with Crippen LogP contribution >= 0.6 is 0 Å². The lowest BCUT2D eigenvalue weighted by molar-refractivity contribution is -0.118. The second kappa shape index (κ2) is 14.1. The van der Waals surface area contributed by atoms with Gasteiger partial charge in [0.1, 0.15) is 17.5 Å². The largest absolute Gasteiger partial charge is 0.444 e. The highest BCUT2D eigenvalue weighted by Gasteiger charge is 2.34. The Morgan fingerprint density at radius 1 is 0.783 bits per heavy atom. The van der Waals surface area contributed by atoms with E-state index in [-0.39, 0.29) is 23.4 Å². The van der Waals surface area contributed by atoms with Crippen LogP contribution in [-0.4, -0.2) is 28.2 Å². The van der Waals surface area contributed by atoms with E-state index in [0.717, 1.165) is 16.7 Å². The first-order valence-corrected chi connectivity index (χ1v) is 15.0. The SMILES string of the molecule is CC(C)(C)OC(=O)N[C@H](C(=O)Nc1ccc(-c2cccc(=O)n2Cc2ccccc2)c(F)c1)C(c1ccccc1)c1ccccc1. The van der Waals surface area contributed by atoms with Gasteiger partial charge in [-0.2, -0.15) is 0 Å². The Labute approximate surface area is 267 Å². The molecule has 4 aromatic carbocycles. The summed E-state index contributed by atoms with van der Waals surface area (Å²) in [6.45, 7) is 5.49. The first-order valence-electron chi connectivity index (χ1n) is 15.0. The Bertz CT molecular complexity index is 1810. The number of nitrogens with zero attached hydrogens (tertiary/aromatic N) is 1. The number of carbonyl (C=O) groups excluding carboxylic acids is 2. The van der Waals surface area contributed by atoms with Crippen LogP contribution in [0.2, 0.25) is 0 Å². The van der Waals surface area contributed by atoms with Crippen molar-refractivity contribution < 1.29 is 18.7 Å². The molecule has 0 aliphatic heterocycles. The zero-order chi connectivity index (χ0) is 32.7. The van der Waals surface area contributed by atoms with E-state index < -0.39 is 35.4 Å². The molecular formula is C38H36FN3O4. The first kappa shape index (κ1) is 31.9. The number of alkyl carbamates (subject to hydrolysis) is 1. The Morgan fingerprint density at radius 2 is 1.37 bits per heavy atom. The average Bonchev–Trinajstić information content (AvgIpc) is 3.03. The number of carbonyl (C=O) groups is 2. The van der Waals surface area contributed by atoms with Gasteiger partial charge in [-0.25, -0.2) is 9.18 Å². The van der Waals surface area contributed by atoms with Crippen molar-refractivity contribution >= 4 is 17.7 Å². The molecule has 7 nitrogen and oxygen atoms in total. The average molecular weight is 618 g/mol. The molecule has 1 atom stereocenters. The van der Waals surface area contributed by atoms with Crippen molar-refractivity contribution in [2.24, 2.45) is 0 Å². The molecule has 0 saturated carbocycles. The number of pyridine rings is 1. The summed E-state index contributed by atoms with van der Waals surface area (Å²) in [5, 5.41) is 5.57. The molecule has 2 amide bonds. The van der Waals surface area contributed by atoms with Gasteiger partial charge in [0.15, 0.2) is 0 Å². The smallest absolute Gasteiger partial charge is 0.408 e. The van der Waals surface area contributed by atoms with E-state index in [9.17, 15) is 14.4 Å². The molecule has 0 unspecified atom stereocenters. The number of aromatic nitrogens is 1. The van der Waals surface area contributed by atoms with Gasteiger partial charge >= 0.3 is 6.09 Å². The maximum atomic E-state index is 15.8. The lowest BCUT2D eigenvalue weighted by atomic mass is 9.84. The summed E-state index contributed by atoms with van der Waals surface area (Å²) in [6.07, 6.45) is -0.758. The van der Waals surface area contributed by atoms with E-state index in [1.807, 2.05) is 91.0 Å². The molecule has 0 spiro atoms. The molecule has 0 fully saturated rings. The van der Waals surface area contributed by atoms with Crippen LogP contribution in [0, 0.1) is 5.82 Å². The summed E-state index contributed by atoms with van der Waals surface area (Å²) < 4.78 is 22.8. The number of halogens is 1. The van der Waals surface area contributed by atoms with E-state index in [4.69, 9.17) is 4.74 Å². The monoisotopic (exact) mass is 617 g/mol. The number of hydrogen-bond acceptors (Lipinski definition) is 4. The molecule has 8 heteroatoms. The van der Waals surface area contributed by atoms with E-state index in [1.54, 1.807) is 39.0 Å². The highest BCUT2D eigenvalue weighted by Crippen LogP contribution is 2.30. The van der Waals surface area contributed by atoms with Gasteiger partial charge in [0.2, 0.25) is 5.91 Å². The number of benzene rings is 4. The molecule has 0 saturated heterocycles. The van der Waals surface area contributed by atoms with Crippen molar-refractivity contribution in [1.82, 2.24) is 9.88 Å². The van der Waals surface area contributed by atoms with Gasteiger partial charge in [0.05, 0.1) is 12.2 Å². The fourth-order valence-corrected chi connectivity index (χ4v) is 5.34. The lowest BCUT2D eigenvalue weighted by Gasteiger charge is -2.29. The van der Waals surface area contributed by atoms with Crippen LogP contribution in [0.25, 0.3) is 11.3 Å². The number of nitrogens with one attached hydrogen (secondary N) is 2. The van der Waals surface area contributed by atoms with Crippen molar-refractivity contribution in [3.05, 3.63) is 160 Å². The summed E-state index contributed by atoms with van der Waals surface area (Å²) in [4.78, 5) is 39.9. The van der Waals surface area contributed by atoms with Gasteiger partial charge in [-0.15, -0.1) is 0 Å². The van der Waals surface area contributed by atoms with Gasteiger partial charge in [-0.1, -0.05) is 97.1 Å². The third kappa shape index (κ3) is 7.95. The molecule has 5 aromatic rings. The van der Waals surface area contributed by atoms with Gasteiger partial charge in [0, 0.05) is 23.2 Å². The Kier molecular flexibility index (Phi) is 9.76. The zero-order valence-corrected chi connectivity index (χ0v) is 25.9. The van der Waals surface area contributed by atoms with E-state index in [0.29, 0.717) is 5.69 Å². The summed E-state index contributed by atoms with van der Waals surface area (Å²) in [5.41, 5.74) is 2.25. The maximum Gasteiger partial charge on any atom is 0.408 e. The summed E-state index contributed by atoms with van der Waals surface area (Å²) in [7, 11) is 0. The molecule has 234 valence electrons. The van der Waals surface area contributed by atoms with E-state index in [1.165, 1.54) is 22.8 Å². The summed E-state index contributed by atoms with van der Waals surface area (Å²) >= 11 is 0. The van der Waals surface area contributed by atoms with E-state index >= 15 is 4.39 Å². The minimum Gasteiger partial charge on any atom is -0.444 e. The van der Waals surface area contributed by atoms with Crippen LogP contribution in [0.15, 0.2) is 132 Å². The highest BCUT2D eigenvalue weighted by atomic mass is 19.1. The standard InChI is InChI=1S/C38H36FN3O4/c1-38(2,3)46-37(45)41-35(34(27-16-9-5-10-17-27)28-18-11-6-12-19-28)36(44)40-29-22-23-30(31(39)24-29)32-20-13-21-33(43)42(32)25-26-14-7-4-8-15-26/h4-24,34-35H,25H2,1-3H3,(H,40,44)(H,41,45)/t35-/m0/s1. The van der Waals surface area contributed by atoms with Crippen LogP contribution < -0.4 is 16.2 Å². The van der Waals surface area contributed by atoms with Gasteiger partial charge in [0.25, 0.3) is 5.56 Å². The fraction of sp³-hybridized carbons (Fsp3) is 0.184. The lowest BCUT2D eigenvalue weighted by Crippen LogP contribution is -2.49. The van der Waals surface area contributed by atoms with Crippen LogP contribution in [0.1, 0.15) is 43.4 Å². The second-order valence-electron chi connectivity index (χ2n) is 11.9. The van der Waals surface area contributed by atoms with Crippen LogP contribution in [-0.2, 0) is 16.1 Å². The second-order valence-corrected chi connectivity index (χ2v) is 11.9. The number of ether oxygens (including phenoxy) is 1. The molecule has 1 heterocycles. The van der Waals surface area contributed by atoms with Crippen LogP contribution in [0.3, 0.4) is 0 Å². The van der Waals surface area contributed by atoms with Gasteiger partial charge in [-0.05, 0) is 61.7 Å². The molecular weight excluding hydrogens is 581 g/mol. The predicted octanol–water partition coefficient (Wildman–Crippen LogP) is 7.37. The quantitative estimate of drug-likeness (QED) is 0.181. The van der Waals surface area contributed by atoms with Gasteiger partial charge < -0.3 is 19.9 Å². The number of rotatable bonds is 9. The van der Waals surface area contributed by atoms with Crippen molar-refractivity contribution in [3.8, 4) is 11.3 Å². The van der Waals surface area contributed by atoms with Gasteiger partial charge in [-0.3, -0.25) is 9.59 Å². The molecule has 2 N–H and O–H groups in total. The third-order valence-corrected chi connectivity index (χ3v) is 7.35. The molecule has 46 heavy (non-hydrogen) atoms. The molecule has 0 aliphatic carbocycles. The van der Waals surface area contributed by atoms with E-state index in [2.05, 4.69) is 10.6 Å². The third-order valence-electron chi connectivity index (χ3n) is 7.35. The molecule has 0 radical (unpaired) electrons.